The van der Waals surface area contributed by atoms with Crippen molar-refractivity contribution < 1.29 is 9.59 Å². The lowest BCUT2D eigenvalue weighted by molar-refractivity contribution is 0.0785. The molecule has 0 saturated carbocycles. The van der Waals surface area contributed by atoms with Crippen LogP contribution in [0.2, 0.25) is 0 Å². The lowest BCUT2D eigenvalue weighted by Crippen LogP contribution is -2.26. The van der Waals surface area contributed by atoms with Crippen LogP contribution in [-0.4, -0.2) is 23.8 Å². The highest BCUT2D eigenvalue weighted by Gasteiger charge is 2.12. The number of anilines is 1. The van der Waals surface area contributed by atoms with Crippen LogP contribution in [-0.2, 0) is 6.54 Å². The summed E-state index contributed by atoms with van der Waals surface area (Å²) >= 11 is 3.41. The van der Waals surface area contributed by atoms with E-state index in [0.29, 0.717) is 23.4 Å². The number of nitrogens with one attached hydrogen (secondary N) is 1. The first-order valence-corrected chi connectivity index (χ1v) is 9.28. The van der Waals surface area contributed by atoms with E-state index < -0.39 is 0 Å². The lowest BCUT2D eigenvalue weighted by atomic mass is 10.1. The summed E-state index contributed by atoms with van der Waals surface area (Å²) in [7, 11) is 1.77. The van der Waals surface area contributed by atoms with Crippen LogP contribution in [0.1, 0.15) is 26.3 Å². The van der Waals surface area contributed by atoms with Gasteiger partial charge in [-0.05, 0) is 54.1 Å². The number of carbonyl (C=O) groups excluding carboxylic acids is 2. The molecule has 0 fully saturated rings. The van der Waals surface area contributed by atoms with Crippen molar-refractivity contribution in [3.8, 4) is 0 Å². The Labute approximate surface area is 167 Å². The SMILES string of the molecule is CN(Cc1ccc(Br)cc1)C(=O)c1ccc(NC(=O)c2ccccc2)cc1. The molecule has 136 valence electrons. The number of nitrogens with zero attached hydrogens (tertiary/aromatic N) is 1. The molecule has 0 aliphatic heterocycles. The van der Waals surface area contributed by atoms with E-state index in [0.717, 1.165) is 10.0 Å². The predicted octanol–water partition coefficient (Wildman–Crippen LogP) is 4.97. The molecule has 0 radical (unpaired) electrons. The molecule has 3 rings (SSSR count). The zero-order chi connectivity index (χ0) is 19.2. The Balaban J connectivity index is 1.63. The maximum absolute atomic E-state index is 12.6. The second-order valence-corrected chi connectivity index (χ2v) is 7.10. The topological polar surface area (TPSA) is 49.4 Å². The summed E-state index contributed by atoms with van der Waals surface area (Å²) in [5.74, 6) is -0.249. The zero-order valence-electron chi connectivity index (χ0n) is 14.9. The molecular formula is C22H19BrN2O2. The predicted molar refractivity (Wildman–Crippen MR) is 111 cm³/mol. The number of hydrogen-bond donors (Lipinski definition) is 1. The van der Waals surface area contributed by atoms with Crippen LogP contribution in [0, 0.1) is 0 Å². The summed E-state index contributed by atoms with van der Waals surface area (Å²) in [6.45, 7) is 0.526. The summed E-state index contributed by atoms with van der Waals surface area (Å²) < 4.78 is 1.01. The number of amides is 2. The number of benzene rings is 3. The third-order valence-corrected chi connectivity index (χ3v) is 4.63. The summed E-state index contributed by atoms with van der Waals surface area (Å²) in [6, 6.07) is 23.8. The smallest absolute Gasteiger partial charge is 0.255 e. The lowest BCUT2D eigenvalue weighted by Gasteiger charge is -2.17. The maximum atomic E-state index is 12.6. The van der Waals surface area contributed by atoms with Gasteiger partial charge in [-0.2, -0.15) is 0 Å². The quantitative estimate of drug-likeness (QED) is 0.630. The minimum absolute atomic E-state index is 0.0705. The Bertz CT molecular complexity index is 923. The molecule has 2 amide bonds. The molecule has 0 heterocycles. The van der Waals surface area contributed by atoms with Crippen LogP contribution < -0.4 is 5.32 Å². The minimum atomic E-state index is -0.179. The largest absolute Gasteiger partial charge is 0.337 e. The molecule has 4 nitrogen and oxygen atoms in total. The van der Waals surface area contributed by atoms with Crippen LogP contribution in [0.15, 0.2) is 83.3 Å². The van der Waals surface area contributed by atoms with Gasteiger partial charge in [0, 0.05) is 34.9 Å². The van der Waals surface area contributed by atoms with Gasteiger partial charge in [-0.15, -0.1) is 0 Å². The second kappa shape index (κ2) is 8.64. The molecule has 0 aromatic heterocycles. The molecule has 5 heteroatoms. The highest BCUT2D eigenvalue weighted by Crippen LogP contribution is 2.15. The fourth-order valence-corrected chi connectivity index (χ4v) is 2.91. The van der Waals surface area contributed by atoms with E-state index in [1.807, 2.05) is 42.5 Å². The zero-order valence-corrected chi connectivity index (χ0v) is 16.4. The Morgan fingerprint density at radius 1 is 0.852 bits per heavy atom. The number of rotatable bonds is 5. The van der Waals surface area contributed by atoms with Gasteiger partial charge in [0.15, 0.2) is 0 Å². The summed E-state index contributed by atoms with van der Waals surface area (Å²) in [6.07, 6.45) is 0. The van der Waals surface area contributed by atoms with Crippen LogP contribution in [0.5, 0.6) is 0 Å². The second-order valence-electron chi connectivity index (χ2n) is 6.19. The van der Waals surface area contributed by atoms with Crippen LogP contribution in [0.3, 0.4) is 0 Å². The fraction of sp³-hybridized carbons (Fsp3) is 0.0909. The van der Waals surface area contributed by atoms with E-state index in [9.17, 15) is 9.59 Å². The van der Waals surface area contributed by atoms with Gasteiger partial charge in [0.05, 0.1) is 0 Å². The minimum Gasteiger partial charge on any atom is -0.337 e. The first-order chi connectivity index (χ1) is 13.0. The van der Waals surface area contributed by atoms with E-state index >= 15 is 0 Å². The third kappa shape index (κ3) is 5.05. The molecule has 3 aromatic rings. The molecular weight excluding hydrogens is 404 g/mol. The normalized spacial score (nSPS) is 10.3. The van der Waals surface area contributed by atoms with Gasteiger partial charge in [0.2, 0.25) is 0 Å². The molecule has 27 heavy (non-hydrogen) atoms. The number of carbonyl (C=O) groups is 2. The Kier molecular flexibility index (Phi) is 6.04. The molecule has 0 aliphatic rings. The molecule has 0 atom stereocenters. The highest BCUT2D eigenvalue weighted by atomic mass is 79.9. The Hall–Kier alpha value is -2.92. The van der Waals surface area contributed by atoms with Gasteiger partial charge in [0.1, 0.15) is 0 Å². The van der Waals surface area contributed by atoms with Gasteiger partial charge in [-0.25, -0.2) is 0 Å². The summed E-state index contributed by atoms with van der Waals surface area (Å²) in [5.41, 5.74) is 2.87. The average molecular weight is 423 g/mol. The Morgan fingerprint density at radius 3 is 2.11 bits per heavy atom. The van der Waals surface area contributed by atoms with E-state index in [-0.39, 0.29) is 11.8 Å². The average Bonchev–Trinajstić information content (AvgIpc) is 2.70. The van der Waals surface area contributed by atoms with Crippen LogP contribution in [0.4, 0.5) is 5.69 Å². The van der Waals surface area contributed by atoms with Gasteiger partial charge >= 0.3 is 0 Å². The van der Waals surface area contributed by atoms with Gasteiger partial charge in [-0.1, -0.05) is 46.3 Å². The maximum Gasteiger partial charge on any atom is 0.255 e. The van der Waals surface area contributed by atoms with Crippen LogP contribution in [0.25, 0.3) is 0 Å². The van der Waals surface area contributed by atoms with E-state index in [1.165, 1.54) is 0 Å². The number of halogens is 1. The third-order valence-electron chi connectivity index (χ3n) is 4.11. The van der Waals surface area contributed by atoms with Gasteiger partial charge < -0.3 is 10.2 Å². The highest BCUT2D eigenvalue weighted by molar-refractivity contribution is 9.10. The van der Waals surface area contributed by atoms with Crippen molar-refractivity contribution in [2.75, 3.05) is 12.4 Å². The van der Waals surface area contributed by atoms with Gasteiger partial charge in [0.25, 0.3) is 11.8 Å². The van der Waals surface area contributed by atoms with E-state index in [2.05, 4.69) is 21.2 Å². The summed E-state index contributed by atoms with van der Waals surface area (Å²) in [4.78, 5) is 26.4. The molecule has 0 spiro atoms. The van der Waals surface area contributed by atoms with Gasteiger partial charge in [-0.3, -0.25) is 9.59 Å². The van der Waals surface area contributed by atoms with Crippen LogP contribution >= 0.6 is 15.9 Å². The van der Waals surface area contributed by atoms with Crippen molar-refractivity contribution in [2.24, 2.45) is 0 Å². The monoisotopic (exact) mass is 422 g/mol. The molecule has 0 unspecified atom stereocenters. The summed E-state index contributed by atoms with van der Waals surface area (Å²) in [5, 5.41) is 2.83. The van der Waals surface area contributed by atoms with Crippen molar-refractivity contribution in [2.45, 2.75) is 6.54 Å². The fourth-order valence-electron chi connectivity index (χ4n) is 2.64. The number of hydrogen-bond acceptors (Lipinski definition) is 2. The first kappa shape index (κ1) is 18.9. The molecule has 0 saturated heterocycles. The first-order valence-electron chi connectivity index (χ1n) is 8.49. The van der Waals surface area contributed by atoms with Crippen molar-refractivity contribution >= 4 is 33.4 Å². The molecule has 3 aromatic carbocycles. The van der Waals surface area contributed by atoms with Crippen molar-refractivity contribution in [1.82, 2.24) is 4.90 Å². The van der Waals surface area contributed by atoms with Crippen molar-refractivity contribution in [3.63, 3.8) is 0 Å². The molecule has 1 N–H and O–H groups in total. The standard InChI is InChI=1S/C22H19BrN2O2/c1-25(15-16-7-11-19(23)12-8-16)22(27)18-9-13-20(14-10-18)24-21(26)17-5-3-2-4-6-17/h2-14H,15H2,1H3,(H,24,26). The Morgan fingerprint density at radius 2 is 1.48 bits per heavy atom. The molecule has 0 aliphatic carbocycles. The van der Waals surface area contributed by atoms with Crippen molar-refractivity contribution in [1.29, 1.82) is 0 Å². The van der Waals surface area contributed by atoms with E-state index in [1.54, 1.807) is 48.3 Å². The van der Waals surface area contributed by atoms with E-state index in [4.69, 9.17) is 0 Å². The van der Waals surface area contributed by atoms with Crippen molar-refractivity contribution in [3.05, 3.63) is 100 Å². The molecule has 0 bridgehead atoms.